The highest BCUT2D eigenvalue weighted by Crippen LogP contribution is 2.48. The Balaban J connectivity index is 1.14. The van der Waals surface area contributed by atoms with Crippen molar-refractivity contribution in [2.75, 3.05) is 9.80 Å². The van der Waals surface area contributed by atoms with E-state index in [2.05, 4.69) is 204 Å². The van der Waals surface area contributed by atoms with E-state index < -0.39 is 0 Å². The van der Waals surface area contributed by atoms with Crippen molar-refractivity contribution < 1.29 is 0 Å². The molecule has 0 unspecified atom stereocenters. The summed E-state index contributed by atoms with van der Waals surface area (Å²) in [6.07, 6.45) is 0.869. The zero-order valence-electron chi connectivity index (χ0n) is 27.1. The maximum Gasteiger partial charge on any atom is 0.0540 e. The fraction of sp³-hybridized carbons (Fsp3) is 0.0213. The van der Waals surface area contributed by atoms with E-state index in [1.165, 1.54) is 61.2 Å². The van der Waals surface area contributed by atoms with Gasteiger partial charge in [0, 0.05) is 40.2 Å². The molecule has 0 N–H and O–H groups in total. The summed E-state index contributed by atoms with van der Waals surface area (Å²) in [5.41, 5.74) is 14.6. The first kappa shape index (κ1) is 28.8. The Morgan fingerprint density at radius 2 is 0.816 bits per heavy atom. The molecule has 0 aromatic heterocycles. The first-order chi connectivity index (χ1) is 24.3. The third-order valence-corrected chi connectivity index (χ3v) is 9.62. The monoisotopic (exact) mass is 626 g/mol. The minimum atomic E-state index is 0.869. The highest BCUT2D eigenvalue weighted by atomic mass is 15.2. The van der Waals surface area contributed by atoms with Crippen LogP contribution in [0.25, 0.3) is 33.0 Å². The van der Waals surface area contributed by atoms with E-state index in [4.69, 9.17) is 0 Å². The van der Waals surface area contributed by atoms with Crippen LogP contribution in [0.1, 0.15) is 11.1 Å². The number of benzene rings is 8. The summed E-state index contributed by atoms with van der Waals surface area (Å²) < 4.78 is 0. The molecule has 1 aliphatic heterocycles. The number of hydrogen-bond donors (Lipinski definition) is 0. The van der Waals surface area contributed by atoms with E-state index in [1.807, 2.05) is 0 Å². The standard InChI is InChI=1S/C47H34N2/c1-4-13-34(14-5-1)37-25-29-45-39(31-37)33-40-32-38(26-30-46(40)49(45)47-22-12-16-36-15-10-11-21-44(36)47)35-23-27-43(28-24-35)48(41-17-6-2-7-18-41)42-19-8-3-9-20-42/h1-32H,33H2. The first-order valence-electron chi connectivity index (χ1n) is 16.9. The summed E-state index contributed by atoms with van der Waals surface area (Å²) in [6.45, 7) is 0. The van der Waals surface area contributed by atoms with Crippen LogP contribution in [0.3, 0.4) is 0 Å². The number of nitrogens with zero attached hydrogens (tertiary/aromatic N) is 2. The molecule has 0 radical (unpaired) electrons. The van der Waals surface area contributed by atoms with Gasteiger partial charge in [0.1, 0.15) is 0 Å². The van der Waals surface area contributed by atoms with E-state index in [0.29, 0.717) is 0 Å². The van der Waals surface area contributed by atoms with Gasteiger partial charge in [0.15, 0.2) is 0 Å². The molecule has 0 saturated heterocycles. The fourth-order valence-electron chi connectivity index (χ4n) is 7.28. The molecule has 0 atom stereocenters. The third-order valence-electron chi connectivity index (χ3n) is 9.62. The number of rotatable bonds is 6. The summed E-state index contributed by atoms with van der Waals surface area (Å²) in [6, 6.07) is 70.1. The van der Waals surface area contributed by atoms with E-state index in [9.17, 15) is 0 Å². The molecule has 232 valence electrons. The van der Waals surface area contributed by atoms with Crippen molar-refractivity contribution in [1.29, 1.82) is 0 Å². The van der Waals surface area contributed by atoms with Crippen LogP contribution < -0.4 is 9.80 Å². The molecular weight excluding hydrogens is 593 g/mol. The molecule has 1 aliphatic rings. The highest BCUT2D eigenvalue weighted by Gasteiger charge is 2.26. The van der Waals surface area contributed by atoms with E-state index in [-0.39, 0.29) is 0 Å². The first-order valence-corrected chi connectivity index (χ1v) is 16.9. The maximum atomic E-state index is 2.47. The summed E-state index contributed by atoms with van der Waals surface area (Å²) in [7, 11) is 0. The van der Waals surface area contributed by atoms with Crippen LogP contribution in [0.4, 0.5) is 34.1 Å². The average molecular weight is 627 g/mol. The third kappa shape index (κ3) is 5.34. The van der Waals surface area contributed by atoms with Gasteiger partial charge in [0.25, 0.3) is 0 Å². The second-order valence-corrected chi connectivity index (χ2v) is 12.6. The molecule has 2 nitrogen and oxygen atoms in total. The van der Waals surface area contributed by atoms with Crippen LogP contribution in [0.15, 0.2) is 194 Å². The smallest absolute Gasteiger partial charge is 0.0540 e. The van der Waals surface area contributed by atoms with Crippen molar-refractivity contribution in [2.24, 2.45) is 0 Å². The van der Waals surface area contributed by atoms with Crippen molar-refractivity contribution in [3.8, 4) is 22.3 Å². The molecular formula is C47H34N2. The summed E-state index contributed by atoms with van der Waals surface area (Å²) in [5, 5.41) is 2.49. The molecule has 8 aromatic carbocycles. The van der Waals surface area contributed by atoms with E-state index >= 15 is 0 Å². The topological polar surface area (TPSA) is 6.48 Å². The molecule has 0 saturated carbocycles. The Labute approximate surface area is 287 Å². The number of para-hydroxylation sites is 2. The molecule has 0 bridgehead atoms. The zero-order valence-corrected chi connectivity index (χ0v) is 27.1. The SMILES string of the molecule is c1ccc(-c2ccc3c(c2)Cc2cc(-c4ccc(N(c5ccccc5)c5ccccc5)cc4)ccc2N3c2cccc3ccccc23)cc1. The van der Waals surface area contributed by atoms with Crippen LogP contribution in [0.5, 0.6) is 0 Å². The van der Waals surface area contributed by atoms with Gasteiger partial charge < -0.3 is 9.80 Å². The predicted molar refractivity (Wildman–Crippen MR) is 207 cm³/mol. The summed E-state index contributed by atoms with van der Waals surface area (Å²) >= 11 is 0. The van der Waals surface area contributed by atoms with Gasteiger partial charge in [-0.15, -0.1) is 0 Å². The second kappa shape index (κ2) is 12.3. The highest BCUT2D eigenvalue weighted by molar-refractivity contribution is 6.00. The molecule has 8 aromatic rings. The van der Waals surface area contributed by atoms with Gasteiger partial charge in [-0.1, -0.05) is 127 Å². The Hall–Kier alpha value is -6.38. The Morgan fingerprint density at radius 3 is 1.43 bits per heavy atom. The van der Waals surface area contributed by atoms with Gasteiger partial charge in [0.2, 0.25) is 0 Å². The molecule has 1 heterocycles. The zero-order chi connectivity index (χ0) is 32.6. The Kier molecular flexibility index (Phi) is 7.25. The lowest BCUT2D eigenvalue weighted by Gasteiger charge is -2.35. The fourth-order valence-corrected chi connectivity index (χ4v) is 7.28. The van der Waals surface area contributed by atoms with Crippen LogP contribution in [0, 0.1) is 0 Å². The van der Waals surface area contributed by atoms with Crippen LogP contribution in [-0.4, -0.2) is 0 Å². The minimum absolute atomic E-state index is 0.869. The molecule has 0 aliphatic carbocycles. The van der Waals surface area contributed by atoms with Crippen LogP contribution in [-0.2, 0) is 6.42 Å². The van der Waals surface area contributed by atoms with Gasteiger partial charge in [-0.2, -0.15) is 0 Å². The number of fused-ring (bicyclic) bond motifs is 3. The lowest BCUT2D eigenvalue weighted by Crippen LogP contribution is -2.19. The summed E-state index contributed by atoms with van der Waals surface area (Å²) in [5.74, 6) is 0. The molecule has 9 rings (SSSR count). The van der Waals surface area contributed by atoms with Crippen molar-refractivity contribution in [1.82, 2.24) is 0 Å². The predicted octanol–water partition coefficient (Wildman–Crippen LogP) is 13.0. The normalized spacial score (nSPS) is 12.0. The van der Waals surface area contributed by atoms with Gasteiger partial charge >= 0.3 is 0 Å². The summed E-state index contributed by atoms with van der Waals surface area (Å²) in [4.78, 5) is 4.77. The van der Waals surface area contributed by atoms with Gasteiger partial charge in [-0.25, -0.2) is 0 Å². The van der Waals surface area contributed by atoms with E-state index in [0.717, 1.165) is 23.5 Å². The second-order valence-electron chi connectivity index (χ2n) is 12.6. The molecule has 0 fully saturated rings. The lowest BCUT2D eigenvalue weighted by atomic mass is 9.89. The number of anilines is 6. The van der Waals surface area contributed by atoms with Gasteiger partial charge in [-0.3, -0.25) is 0 Å². The van der Waals surface area contributed by atoms with Crippen molar-refractivity contribution >= 4 is 44.9 Å². The van der Waals surface area contributed by atoms with Gasteiger partial charge in [-0.05, 0) is 105 Å². The maximum absolute atomic E-state index is 2.47. The Morgan fingerprint density at radius 1 is 0.347 bits per heavy atom. The average Bonchev–Trinajstić information content (AvgIpc) is 3.18. The molecule has 0 spiro atoms. The van der Waals surface area contributed by atoms with Gasteiger partial charge in [0.05, 0.1) is 5.69 Å². The van der Waals surface area contributed by atoms with Crippen molar-refractivity contribution in [3.63, 3.8) is 0 Å². The van der Waals surface area contributed by atoms with Crippen LogP contribution in [0.2, 0.25) is 0 Å². The van der Waals surface area contributed by atoms with Crippen LogP contribution >= 0.6 is 0 Å². The lowest BCUT2D eigenvalue weighted by molar-refractivity contribution is 1.09. The molecule has 49 heavy (non-hydrogen) atoms. The van der Waals surface area contributed by atoms with Crippen molar-refractivity contribution in [3.05, 3.63) is 205 Å². The minimum Gasteiger partial charge on any atom is -0.311 e. The Bertz CT molecular complexity index is 2350. The molecule has 0 amide bonds. The number of hydrogen-bond acceptors (Lipinski definition) is 2. The van der Waals surface area contributed by atoms with E-state index in [1.54, 1.807) is 0 Å². The molecule has 2 heteroatoms. The quantitative estimate of drug-likeness (QED) is 0.181. The largest absolute Gasteiger partial charge is 0.311 e. The van der Waals surface area contributed by atoms with Crippen molar-refractivity contribution in [2.45, 2.75) is 6.42 Å².